The summed E-state index contributed by atoms with van der Waals surface area (Å²) in [6.07, 6.45) is 2.17. The first-order valence-corrected chi connectivity index (χ1v) is 6.36. The number of hydrogen-bond donors (Lipinski definition) is 2. The lowest BCUT2D eigenvalue weighted by atomic mass is 10.0. The molecule has 1 amide bonds. The SMILES string of the molecule is COC(=O)C(CN)c1cnc(NC(=O)OC(C)(C)C)nc1. The molecule has 0 fully saturated rings. The number of amides is 1. The number of rotatable bonds is 4. The second kappa shape index (κ2) is 6.98. The highest BCUT2D eigenvalue weighted by Crippen LogP contribution is 2.15. The molecule has 1 unspecified atom stereocenters. The van der Waals surface area contributed by atoms with Gasteiger partial charge in [-0.3, -0.25) is 10.1 Å². The van der Waals surface area contributed by atoms with Gasteiger partial charge in [0.1, 0.15) is 5.60 Å². The van der Waals surface area contributed by atoms with E-state index in [1.54, 1.807) is 20.8 Å². The molecule has 3 N–H and O–H groups in total. The van der Waals surface area contributed by atoms with Crippen molar-refractivity contribution in [2.45, 2.75) is 32.3 Å². The lowest BCUT2D eigenvalue weighted by molar-refractivity contribution is -0.142. The van der Waals surface area contributed by atoms with Gasteiger partial charge < -0.3 is 15.2 Å². The van der Waals surface area contributed by atoms with Crippen LogP contribution in [0.3, 0.4) is 0 Å². The third-order valence-electron chi connectivity index (χ3n) is 2.41. The first-order valence-electron chi connectivity index (χ1n) is 6.36. The molecule has 8 heteroatoms. The van der Waals surface area contributed by atoms with Gasteiger partial charge in [0.25, 0.3) is 0 Å². The van der Waals surface area contributed by atoms with Gasteiger partial charge in [0.15, 0.2) is 0 Å². The molecule has 0 saturated carbocycles. The Hall–Kier alpha value is -2.22. The van der Waals surface area contributed by atoms with Gasteiger partial charge in [0, 0.05) is 24.5 Å². The minimum Gasteiger partial charge on any atom is -0.469 e. The zero-order valence-electron chi connectivity index (χ0n) is 12.5. The molecule has 0 saturated heterocycles. The molecule has 116 valence electrons. The number of nitrogens with one attached hydrogen (secondary N) is 1. The Morgan fingerprint density at radius 3 is 2.33 bits per heavy atom. The summed E-state index contributed by atoms with van der Waals surface area (Å²) < 4.78 is 9.72. The van der Waals surface area contributed by atoms with Crippen LogP contribution in [0.15, 0.2) is 12.4 Å². The summed E-state index contributed by atoms with van der Waals surface area (Å²) in [4.78, 5) is 31.0. The van der Waals surface area contributed by atoms with Crippen LogP contribution in [0.2, 0.25) is 0 Å². The summed E-state index contributed by atoms with van der Waals surface area (Å²) in [7, 11) is 1.28. The monoisotopic (exact) mass is 296 g/mol. The molecule has 1 heterocycles. The van der Waals surface area contributed by atoms with E-state index in [1.165, 1.54) is 19.5 Å². The lowest BCUT2D eigenvalue weighted by Gasteiger charge is -2.19. The summed E-state index contributed by atoms with van der Waals surface area (Å²) in [5, 5.41) is 2.40. The maximum absolute atomic E-state index is 11.6. The van der Waals surface area contributed by atoms with Gasteiger partial charge in [0.05, 0.1) is 13.0 Å². The Morgan fingerprint density at radius 1 is 1.33 bits per heavy atom. The molecular weight excluding hydrogens is 276 g/mol. The van der Waals surface area contributed by atoms with E-state index in [1.807, 2.05) is 0 Å². The highest BCUT2D eigenvalue weighted by molar-refractivity contribution is 5.82. The van der Waals surface area contributed by atoms with E-state index in [4.69, 9.17) is 10.5 Å². The summed E-state index contributed by atoms with van der Waals surface area (Å²) >= 11 is 0. The number of methoxy groups -OCH3 is 1. The summed E-state index contributed by atoms with van der Waals surface area (Å²) in [5.41, 5.74) is 5.42. The minimum absolute atomic E-state index is 0.0774. The molecule has 1 aromatic rings. The van der Waals surface area contributed by atoms with Crippen LogP contribution in [0.4, 0.5) is 10.7 Å². The van der Waals surface area contributed by atoms with Gasteiger partial charge in [-0.2, -0.15) is 0 Å². The highest BCUT2D eigenvalue weighted by atomic mass is 16.6. The average molecular weight is 296 g/mol. The zero-order valence-corrected chi connectivity index (χ0v) is 12.5. The van der Waals surface area contributed by atoms with Crippen LogP contribution in [0.1, 0.15) is 32.3 Å². The number of carbonyl (C=O) groups excluding carboxylic acids is 2. The van der Waals surface area contributed by atoms with E-state index >= 15 is 0 Å². The molecule has 0 bridgehead atoms. The predicted molar refractivity (Wildman–Crippen MR) is 75.7 cm³/mol. The van der Waals surface area contributed by atoms with Crippen molar-refractivity contribution in [3.8, 4) is 0 Å². The van der Waals surface area contributed by atoms with E-state index in [2.05, 4.69) is 20.0 Å². The van der Waals surface area contributed by atoms with E-state index in [9.17, 15) is 9.59 Å². The number of ether oxygens (including phenoxy) is 2. The number of hydrogen-bond acceptors (Lipinski definition) is 7. The fraction of sp³-hybridized carbons (Fsp3) is 0.538. The summed E-state index contributed by atoms with van der Waals surface area (Å²) in [6.45, 7) is 5.32. The Balaban J connectivity index is 2.74. The number of nitrogens with zero attached hydrogens (tertiary/aromatic N) is 2. The van der Waals surface area contributed by atoms with E-state index < -0.39 is 23.6 Å². The van der Waals surface area contributed by atoms with Crippen LogP contribution in [0.25, 0.3) is 0 Å². The molecule has 0 spiro atoms. The highest BCUT2D eigenvalue weighted by Gasteiger charge is 2.21. The molecule has 1 rings (SSSR count). The molecule has 0 aliphatic rings. The van der Waals surface area contributed by atoms with Crippen molar-refractivity contribution in [2.75, 3.05) is 19.0 Å². The van der Waals surface area contributed by atoms with Crippen molar-refractivity contribution in [3.63, 3.8) is 0 Å². The van der Waals surface area contributed by atoms with Crippen LogP contribution in [0, 0.1) is 0 Å². The lowest BCUT2D eigenvalue weighted by Crippen LogP contribution is -2.28. The first-order chi connectivity index (χ1) is 9.76. The molecular formula is C13H20N4O4. The fourth-order valence-corrected chi connectivity index (χ4v) is 1.49. The van der Waals surface area contributed by atoms with Gasteiger partial charge >= 0.3 is 12.1 Å². The molecule has 0 aliphatic carbocycles. The van der Waals surface area contributed by atoms with Crippen LogP contribution in [-0.2, 0) is 14.3 Å². The summed E-state index contributed by atoms with van der Waals surface area (Å²) in [5.74, 6) is -1.02. The third-order valence-corrected chi connectivity index (χ3v) is 2.41. The van der Waals surface area contributed by atoms with Crippen molar-refractivity contribution in [2.24, 2.45) is 5.73 Å². The zero-order chi connectivity index (χ0) is 16.0. The second-order valence-electron chi connectivity index (χ2n) is 5.28. The topological polar surface area (TPSA) is 116 Å². The molecule has 21 heavy (non-hydrogen) atoms. The largest absolute Gasteiger partial charge is 0.469 e. The molecule has 0 radical (unpaired) electrons. The molecule has 0 aromatic carbocycles. The average Bonchev–Trinajstić information content (AvgIpc) is 2.39. The molecule has 1 aromatic heterocycles. The van der Waals surface area contributed by atoms with Crippen LogP contribution < -0.4 is 11.1 Å². The van der Waals surface area contributed by atoms with E-state index in [0.29, 0.717) is 5.56 Å². The van der Waals surface area contributed by atoms with Crippen LogP contribution in [-0.4, -0.2) is 41.3 Å². The van der Waals surface area contributed by atoms with Crippen molar-refractivity contribution < 1.29 is 19.1 Å². The van der Waals surface area contributed by atoms with Gasteiger partial charge in [-0.25, -0.2) is 14.8 Å². The standard InChI is InChI=1S/C13H20N4O4/c1-13(2,3)21-12(19)17-11-15-6-8(7-16-11)9(5-14)10(18)20-4/h6-7,9H,5,14H2,1-4H3,(H,15,16,17,19). The van der Waals surface area contributed by atoms with Crippen molar-refractivity contribution in [1.82, 2.24) is 9.97 Å². The molecule has 8 nitrogen and oxygen atoms in total. The number of esters is 1. The van der Waals surface area contributed by atoms with Gasteiger partial charge in [0.2, 0.25) is 5.95 Å². The maximum atomic E-state index is 11.6. The Labute approximate surface area is 123 Å². The van der Waals surface area contributed by atoms with Gasteiger partial charge in [-0.1, -0.05) is 0 Å². The van der Waals surface area contributed by atoms with E-state index in [-0.39, 0.29) is 12.5 Å². The quantitative estimate of drug-likeness (QED) is 0.797. The van der Waals surface area contributed by atoms with Gasteiger partial charge in [-0.15, -0.1) is 0 Å². The normalized spacial score (nSPS) is 12.4. The molecule has 0 aliphatic heterocycles. The predicted octanol–water partition coefficient (Wildman–Crippen LogP) is 1.04. The smallest absolute Gasteiger partial charge is 0.414 e. The maximum Gasteiger partial charge on any atom is 0.414 e. The number of anilines is 1. The van der Waals surface area contributed by atoms with Crippen LogP contribution in [0.5, 0.6) is 0 Å². The molecule has 1 atom stereocenters. The fourth-order valence-electron chi connectivity index (χ4n) is 1.49. The second-order valence-corrected chi connectivity index (χ2v) is 5.28. The Kier molecular flexibility index (Phi) is 5.60. The van der Waals surface area contributed by atoms with Crippen molar-refractivity contribution in [1.29, 1.82) is 0 Å². The van der Waals surface area contributed by atoms with Gasteiger partial charge in [-0.05, 0) is 20.8 Å². The number of aromatic nitrogens is 2. The van der Waals surface area contributed by atoms with Crippen LogP contribution >= 0.6 is 0 Å². The summed E-state index contributed by atoms with van der Waals surface area (Å²) in [6, 6.07) is 0. The Morgan fingerprint density at radius 2 is 1.90 bits per heavy atom. The number of carbonyl (C=O) groups is 2. The minimum atomic E-state index is -0.654. The first kappa shape index (κ1) is 16.8. The number of nitrogens with two attached hydrogens (primary N) is 1. The van der Waals surface area contributed by atoms with Crippen molar-refractivity contribution >= 4 is 18.0 Å². The third kappa shape index (κ3) is 5.35. The van der Waals surface area contributed by atoms with E-state index in [0.717, 1.165) is 0 Å². The Bertz CT molecular complexity index is 496. The van der Waals surface area contributed by atoms with Crippen molar-refractivity contribution in [3.05, 3.63) is 18.0 Å².